The summed E-state index contributed by atoms with van der Waals surface area (Å²) in [6, 6.07) is 6.44. The van der Waals surface area contributed by atoms with Gasteiger partial charge in [-0.3, -0.25) is 4.68 Å². The molecule has 2 heterocycles. The first-order chi connectivity index (χ1) is 16.0. The van der Waals surface area contributed by atoms with E-state index < -0.39 is 11.7 Å². The molecule has 4 N–H and O–H groups in total. The molecule has 1 aromatic heterocycles. The Morgan fingerprint density at radius 1 is 1.27 bits per heavy atom. The predicted octanol–water partition coefficient (Wildman–Crippen LogP) is 2.17. The highest BCUT2D eigenvalue weighted by Crippen LogP contribution is 2.37. The number of carbonyl (C=O) groups is 1. The van der Waals surface area contributed by atoms with Crippen LogP contribution in [-0.2, 0) is 16.9 Å². The zero-order valence-electron chi connectivity index (χ0n) is 18.9. The fraction of sp³-hybridized carbons (Fsp3) is 0.609. The number of rotatable bonds is 8. The number of anilines is 1. The summed E-state index contributed by atoms with van der Waals surface area (Å²) in [6.07, 6.45) is 6.96. The molecule has 1 aliphatic heterocycles. The number of benzene rings is 1. The van der Waals surface area contributed by atoms with Crippen molar-refractivity contribution >= 4 is 11.7 Å². The number of hydrogen-bond acceptors (Lipinski definition) is 7. The van der Waals surface area contributed by atoms with Crippen LogP contribution in [0.4, 0.5) is 10.5 Å². The van der Waals surface area contributed by atoms with Gasteiger partial charge in [-0.05, 0) is 56.4 Å². The van der Waals surface area contributed by atoms with E-state index in [4.69, 9.17) is 9.47 Å². The largest absolute Gasteiger partial charge is 0.497 e. The molecule has 33 heavy (non-hydrogen) atoms. The van der Waals surface area contributed by atoms with E-state index in [0.29, 0.717) is 36.5 Å². The second kappa shape index (κ2) is 10.5. The van der Waals surface area contributed by atoms with Gasteiger partial charge in [-0.15, -0.1) is 5.10 Å². The van der Waals surface area contributed by atoms with E-state index in [1.807, 2.05) is 6.20 Å². The summed E-state index contributed by atoms with van der Waals surface area (Å²) in [6.45, 7) is 0.437. The lowest BCUT2D eigenvalue weighted by atomic mass is 9.97. The summed E-state index contributed by atoms with van der Waals surface area (Å²) in [5, 5.41) is 34.5. The molecule has 2 aliphatic rings. The molecule has 10 heteroatoms. The Morgan fingerprint density at radius 3 is 2.73 bits per heavy atom. The van der Waals surface area contributed by atoms with Gasteiger partial charge in [-0.25, -0.2) is 4.79 Å². The minimum Gasteiger partial charge on any atom is -0.497 e. The molecule has 1 saturated carbocycles. The highest BCUT2D eigenvalue weighted by atomic mass is 16.5. The Morgan fingerprint density at radius 2 is 2.03 bits per heavy atom. The number of urea groups is 1. The number of nitrogens with one attached hydrogen (secondary N) is 2. The Hall–Kier alpha value is -2.69. The normalized spacial score (nSPS) is 24.4. The summed E-state index contributed by atoms with van der Waals surface area (Å²) < 4.78 is 12.9. The molecule has 4 rings (SSSR count). The van der Waals surface area contributed by atoms with E-state index in [1.54, 1.807) is 36.1 Å². The molecule has 0 spiro atoms. The van der Waals surface area contributed by atoms with Crippen LogP contribution in [0.5, 0.6) is 5.75 Å². The second-order valence-corrected chi connectivity index (χ2v) is 8.88. The maximum Gasteiger partial charge on any atom is 0.319 e. The maximum absolute atomic E-state index is 12.4. The molecule has 1 aromatic carbocycles. The molecule has 1 aliphatic carbocycles. The molecular weight excluding hydrogens is 426 g/mol. The van der Waals surface area contributed by atoms with Crippen molar-refractivity contribution in [2.24, 2.45) is 0 Å². The number of ether oxygens (including phenoxy) is 2. The quantitative estimate of drug-likeness (QED) is 0.476. The van der Waals surface area contributed by atoms with E-state index in [0.717, 1.165) is 32.1 Å². The van der Waals surface area contributed by atoms with Crippen molar-refractivity contribution in [3.63, 3.8) is 0 Å². The van der Waals surface area contributed by atoms with Crippen molar-refractivity contribution in [1.29, 1.82) is 0 Å². The molecular formula is C23H33N5O5. The second-order valence-electron chi connectivity index (χ2n) is 8.88. The highest BCUT2D eigenvalue weighted by Gasteiger charge is 2.36. The van der Waals surface area contributed by atoms with E-state index in [9.17, 15) is 15.0 Å². The molecule has 2 amide bonds. The third-order valence-corrected chi connectivity index (χ3v) is 6.59. The number of nitrogens with zero attached hydrogens (tertiary/aromatic N) is 3. The minimum absolute atomic E-state index is 0.0490. The summed E-state index contributed by atoms with van der Waals surface area (Å²) in [7, 11) is 1.59. The lowest BCUT2D eigenvalue weighted by Gasteiger charge is -2.36. The molecule has 1 saturated heterocycles. The average molecular weight is 460 g/mol. The van der Waals surface area contributed by atoms with Crippen LogP contribution in [0.25, 0.3) is 0 Å². The van der Waals surface area contributed by atoms with Gasteiger partial charge in [-0.1, -0.05) is 18.1 Å². The van der Waals surface area contributed by atoms with Crippen molar-refractivity contribution in [3.8, 4) is 5.75 Å². The van der Waals surface area contributed by atoms with Gasteiger partial charge in [0.05, 0.1) is 32.1 Å². The van der Waals surface area contributed by atoms with Crippen LogP contribution < -0.4 is 15.4 Å². The van der Waals surface area contributed by atoms with Crippen molar-refractivity contribution < 1.29 is 24.5 Å². The predicted molar refractivity (Wildman–Crippen MR) is 121 cm³/mol. The van der Waals surface area contributed by atoms with E-state index >= 15 is 0 Å². The zero-order chi connectivity index (χ0) is 23.3. The van der Waals surface area contributed by atoms with Crippen LogP contribution in [0, 0.1) is 0 Å². The number of aryl methyl sites for hydroxylation is 1. The monoisotopic (exact) mass is 459 g/mol. The number of hydrogen-bond donors (Lipinski definition) is 4. The molecule has 0 unspecified atom stereocenters. The topological polar surface area (TPSA) is 131 Å². The van der Waals surface area contributed by atoms with Crippen molar-refractivity contribution in [2.45, 2.75) is 75.3 Å². The molecule has 180 valence electrons. The summed E-state index contributed by atoms with van der Waals surface area (Å²) >= 11 is 0. The van der Waals surface area contributed by atoms with Gasteiger partial charge >= 0.3 is 6.03 Å². The molecule has 3 atom stereocenters. The Bertz CT molecular complexity index is 912. The Balaban J connectivity index is 1.24. The number of amides is 2. The summed E-state index contributed by atoms with van der Waals surface area (Å²) in [5.74, 6) is 0.713. The fourth-order valence-electron chi connectivity index (χ4n) is 4.63. The average Bonchev–Trinajstić information content (AvgIpc) is 3.49. The van der Waals surface area contributed by atoms with Gasteiger partial charge in [-0.2, -0.15) is 0 Å². The minimum atomic E-state index is -0.840. The fourth-order valence-corrected chi connectivity index (χ4v) is 4.63. The first kappa shape index (κ1) is 23.5. The van der Waals surface area contributed by atoms with Gasteiger partial charge in [0, 0.05) is 12.2 Å². The molecule has 0 radical (unpaired) electrons. The van der Waals surface area contributed by atoms with Crippen LogP contribution in [0.3, 0.4) is 0 Å². The first-order valence-corrected chi connectivity index (χ1v) is 11.6. The highest BCUT2D eigenvalue weighted by molar-refractivity contribution is 5.89. The standard InChI is InChI=1S/C23H33N5O5/c1-32-17-6-4-16(5-7-17)24-22(30)25-19-9-8-18(33-20(19)15-29)10-13-28-14-21(26-27-28)23(31)11-2-3-12-23/h4-7,14,18-20,29,31H,2-3,8-13,15H2,1H3,(H2,24,25,30)/t18-,19+,20+/m0/s1. The van der Waals surface area contributed by atoms with Gasteiger partial charge in [0.25, 0.3) is 0 Å². The van der Waals surface area contributed by atoms with Crippen LogP contribution in [-0.4, -0.2) is 63.2 Å². The lowest BCUT2D eigenvalue weighted by Crippen LogP contribution is -2.52. The molecule has 10 nitrogen and oxygen atoms in total. The van der Waals surface area contributed by atoms with Crippen LogP contribution in [0.2, 0.25) is 0 Å². The number of carbonyl (C=O) groups excluding carboxylic acids is 1. The third-order valence-electron chi connectivity index (χ3n) is 6.59. The Labute approximate surface area is 193 Å². The lowest BCUT2D eigenvalue weighted by molar-refractivity contribution is -0.0905. The Kier molecular flexibility index (Phi) is 7.46. The zero-order valence-corrected chi connectivity index (χ0v) is 18.9. The first-order valence-electron chi connectivity index (χ1n) is 11.6. The van der Waals surface area contributed by atoms with Gasteiger partial charge < -0.3 is 30.3 Å². The van der Waals surface area contributed by atoms with E-state index in [2.05, 4.69) is 20.9 Å². The number of aliphatic hydroxyl groups excluding tert-OH is 1. The summed E-state index contributed by atoms with van der Waals surface area (Å²) in [5.41, 5.74) is 0.454. The smallest absolute Gasteiger partial charge is 0.319 e. The van der Waals surface area contributed by atoms with Crippen molar-refractivity contribution in [1.82, 2.24) is 20.3 Å². The van der Waals surface area contributed by atoms with E-state index in [1.165, 1.54) is 0 Å². The van der Waals surface area contributed by atoms with Gasteiger partial charge in [0.15, 0.2) is 0 Å². The molecule has 2 aromatic rings. The molecule has 0 bridgehead atoms. The SMILES string of the molecule is COc1ccc(NC(=O)N[C@@H]2CC[C@@H](CCn3cc(C4(O)CCCC4)nn3)O[C@@H]2CO)cc1. The van der Waals surface area contributed by atoms with Gasteiger partial charge in [0.1, 0.15) is 23.1 Å². The van der Waals surface area contributed by atoms with E-state index in [-0.39, 0.29) is 24.8 Å². The van der Waals surface area contributed by atoms with Crippen LogP contribution >= 0.6 is 0 Å². The third kappa shape index (κ3) is 5.82. The van der Waals surface area contributed by atoms with Crippen LogP contribution in [0.1, 0.15) is 50.6 Å². The number of aromatic nitrogens is 3. The van der Waals surface area contributed by atoms with Crippen LogP contribution in [0.15, 0.2) is 30.5 Å². The number of aliphatic hydroxyl groups is 2. The van der Waals surface area contributed by atoms with Crippen molar-refractivity contribution in [2.75, 3.05) is 19.0 Å². The maximum atomic E-state index is 12.4. The molecule has 2 fully saturated rings. The number of methoxy groups -OCH3 is 1. The van der Waals surface area contributed by atoms with Crippen molar-refractivity contribution in [3.05, 3.63) is 36.2 Å². The summed E-state index contributed by atoms with van der Waals surface area (Å²) in [4.78, 5) is 12.4. The van der Waals surface area contributed by atoms with Gasteiger partial charge in [0.2, 0.25) is 0 Å².